The van der Waals surface area contributed by atoms with Gasteiger partial charge in [-0.15, -0.1) is 0 Å². The van der Waals surface area contributed by atoms with E-state index in [1.54, 1.807) is 11.8 Å². The molecule has 1 aliphatic heterocycles. The molecule has 0 amide bonds. The highest BCUT2D eigenvalue weighted by molar-refractivity contribution is 7.98. The normalized spacial score (nSPS) is 13.2. The average molecular weight is 384 g/mol. The van der Waals surface area contributed by atoms with Crippen LogP contribution in [0.5, 0.6) is 5.75 Å². The Morgan fingerprint density at radius 2 is 2.00 bits per heavy atom. The van der Waals surface area contributed by atoms with Gasteiger partial charge in [0.1, 0.15) is 28.9 Å². The number of halogens is 1. The van der Waals surface area contributed by atoms with Crippen LogP contribution in [0, 0.1) is 0 Å². The summed E-state index contributed by atoms with van der Waals surface area (Å²) in [6.45, 7) is 2.03. The molecule has 3 aromatic rings. The van der Waals surface area contributed by atoms with Gasteiger partial charge in [0.25, 0.3) is 0 Å². The van der Waals surface area contributed by atoms with Crippen LogP contribution in [-0.4, -0.2) is 27.5 Å². The molecule has 0 bridgehead atoms. The lowest BCUT2D eigenvalue weighted by molar-refractivity contribution is 0.306. The van der Waals surface area contributed by atoms with Crippen molar-refractivity contribution in [3.63, 3.8) is 0 Å². The Hall–Kier alpha value is -2.24. The number of ether oxygens (including phenoxy) is 1. The molecule has 26 heavy (non-hydrogen) atoms. The highest BCUT2D eigenvalue weighted by Gasteiger charge is 2.23. The number of fused-ring (bicyclic) bond motifs is 1. The number of hydrogen-bond donors (Lipinski definition) is 0. The van der Waals surface area contributed by atoms with Crippen LogP contribution in [0.1, 0.15) is 11.3 Å². The van der Waals surface area contributed by atoms with Gasteiger partial charge >= 0.3 is 0 Å². The molecule has 132 valence electrons. The standard InChI is InChI=1S/C20H18ClN3OS/c1-26-20-23-17(18-19(21)22-10-11-24(18)20)15-8-5-9-16(12-15)25-13-14-6-3-2-4-7-14/h2-9,12H,10-11,13H2,1H3. The first-order chi connectivity index (χ1) is 12.8. The minimum absolute atomic E-state index is 0.523. The molecule has 4 rings (SSSR count). The minimum atomic E-state index is 0.523. The van der Waals surface area contributed by atoms with Crippen LogP contribution in [0.25, 0.3) is 11.3 Å². The highest BCUT2D eigenvalue weighted by atomic mass is 35.5. The predicted molar refractivity (Wildman–Crippen MR) is 107 cm³/mol. The summed E-state index contributed by atoms with van der Waals surface area (Å²) in [5, 5.41) is 1.48. The second-order valence-electron chi connectivity index (χ2n) is 5.92. The summed E-state index contributed by atoms with van der Waals surface area (Å²) < 4.78 is 8.10. The Kier molecular flexibility index (Phi) is 5.00. The van der Waals surface area contributed by atoms with Crippen LogP contribution in [0.2, 0.25) is 0 Å². The lowest BCUT2D eigenvalue weighted by atomic mass is 10.1. The van der Waals surface area contributed by atoms with Gasteiger partial charge in [0, 0.05) is 12.1 Å². The molecule has 0 fully saturated rings. The molecule has 0 spiro atoms. The van der Waals surface area contributed by atoms with Gasteiger partial charge in [0.15, 0.2) is 5.16 Å². The second-order valence-corrected chi connectivity index (χ2v) is 7.05. The van der Waals surface area contributed by atoms with Gasteiger partial charge in [0.05, 0.1) is 6.54 Å². The maximum Gasteiger partial charge on any atom is 0.168 e. The number of rotatable bonds is 5. The molecule has 1 aromatic heterocycles. The molecule has 2 heterocycles. The summed E-state index contributed by atoms with van der Waals surface area (Å²) in [5.74, 6) is 0.808. The maximum absolute atomic E-state index is 6.40. The predicted octanol–water partition coefficient (Wildman–Crippen LogP) is 4.85. The molecule has 1 aliphatic rings. The molecule has 0 unspecified atom stereocenters. The van der Waals surface area contributed by atoms with Crippen molar-refractivity contribution in [3.05, 3.63) is 65.9 Å². The minimum Gasteiger partial charge on any atom is -0.489 e. The Balaban J connectivity index is 1.65. The summed E-state index contributed by atoms with van der Waals surface area (Å²) >= 11 is 8.02. The van der Waals surface area contributed by atoms with Crippen molar-refractivity contribution in [3.8, 4) is 17.0 Å². The summed E-state index contributed by atoms with van der Waals surface area (Å²) in [7, 11) is 0. The first-order valence-electron chi connectivity index (χ1n) is 8.38. The van der Waals surface area contributed by atoms with Gasteiger partial charge in [-0.05, 0) is 24.0 Å². The smallest absolute Gasteiger partial charge is 0.168 e. The molecular formula is C20H18ClN3OS. The number of aliphatic imine (C=N–C) groups is 1. The number of thioether (sulfide) groups is 1. The first kappa shape index (κ1) is 17.2. The van der Waals surface area contributed by atoms with E-state index in [0.29, 0.717) is 18.3 Å². The van der Waals surface area contributed by atoms with E-state index < -0.39 is 0 Å². The Labute approximate surface area is 161 Å². The zero-order chi connectivity index (χ0) is 17.9. The van der Waals surface area contributed by atoms with Crippen LogP contribution < -0.4 is 4.74 Å². The third kappa shape index (κ3) is 3.37. The summed E-state index contributed by atoms with van der Waals surface area (Å²) in [6.07, 6.45) is 2.03. The van der Waals surface area contributed by atoms with E-state index >= 15 is 0 Å². The van der Waals surface area contributed by atoms with Crippen LogP contribution in [0.3, 0.4) is 0 Å². The molecule has 0 atom stereocenters. The van der Waals surface area contributed by atoms with Crippen molar-refractivity contribution in [1.29, 1.82) is 0 Å². The Morgan fingerprint density at radius 1 is 1.15 bits per heavy atom. The molecule has 0 saturated heterocycles. The van der Waals surface area contributed by atoms with Crippen molar-refractivity contribution < 1.29 is 4.74 Å². The SMILES string of the molecule is CSc1nc(-c2cccc(OCc3ccccc3)c2)c2n1CCN=C2Cl. The second kappa shape index (κ2) is 7.56. The number of aromatic nitrogens is 2. The van der Waals surface area contributed by atoms with E-state index in [-0.39, 0.29) is 0 Å². The Bertz CT molecular complexity index is 953. The van der Waals surface area contributed by atoms with Crippen molar-refractivity contribution in [2.24, 2.45) is 4.99 Å². The third-order valence-corrected chi connectivity index (χ3v) is 5.22. The van der Waals surface area contributed by atoms with Gasteiger partial charge in [-0.25, -0.2) is 4.98 Å². The molecule has 0 saturated carbocycles. The number of imidazole rings is 1. The number of hydrogen-bond acceptors (Lipinski definition) is 4. The van der Waals surface area contributed by atoms with E-state index in [9.17, 15) is 0 Å². The molecule has 6 heteroatoms. The van der Waals surface area contributed by atoms with E-state index in [0.717, 1.165) is 40.0 Å². The Morgan fingerprint density at radius 3 is 2.81 bits per heavy atom. The average Bonchev–Trinajstić information content (AvgIpc) is 3.08. The van der Waals surface area contributed by atoms with Crippen molar-refractivity contribution in [1.82, 2.24) is 9.55 Å². The van der Waals surface area contributed by atoms with Gasteiger partial charge in [-0.3, -0.25) is 4.99 Å². The van der Waals surface area contributed by atoms with Gasteiger partial charge < -0.3 is 9.30 Å². The van der Waals surface area contributed by atoms with Gasteiger partial charge in [0.2, 0.25) is 0 Å². The monoisotopic (exact) mass is 383 g/mol. The zero-order valence-corrected chi connectivity index (χ0v) is 15.9. The van der Waals surface area contributed by atoms with Crippen molar-refractivity contribution in [2.45, 2.75) is 18.3 Å². The number of nitrogens with zero attached hydrogens (tertiary/aromatic N) is 3. The van der Waals surface area contributed by atoms with Crippen LogP contribution in [0.4, 0.5) is 0 Å². The third-order valence-electron chi connectivity index (χ3n) is 4.24. The topological polar surface area (TPSA) is 39.4 Å². The van der Waals surface area contributed by atoms with Crippen LogP contribution >= 0.6 is 23.4 Å². The fraction of sp³-hybridized carbons (Fsp3) is 0.200. The number of benzene rings is 2. The van der Waals surface area contributed by atoms with Crippen LogP contribution in [0.15, 0.2) is 64.7 Å². The summed E-state index contributed by atoms with van der Waals surface area (Å²) in [6, 6.07) is 18.1. The van der Waals surface area contributed by atoms with Crippen LogP contribution in [-0.2, 0) is 13.2 Å². The fourth-order valence-electron chi connectivity index (χ4n) is 3.00. The summed E-state index contributed by atoms with van der Waals surface area (Å²) in [4.78, 5) is 9.18. The molecule has 0 N–H and O–H groups in total. The van der Waals surface area contributed by atoms with E-state index in [2.05, 4.69) is 21.7 Å². The van der Waals surface area contributed by atoms with E-state index in [1.807, 2.05) is 48.7 Å². The van der Waals surface area contributed by atoms with Gasteiger partial charge in [-0.2, -0.15) is 0 Å². The molecule has 0 aliphatic carbocycles. The molecular weight excluding hydrogens is 366 g/mol. The van der Waals surface area contributed by atoms with Crippen molar-refractivity contribution >= 4 is 28.5 Å². The van der Waals surface area contributed by atoms with Crippen molar-refractivity contribution in [2.75, 3.05) is 12.8 Å². The molecule has 0 radical (unpaired) electrons. The molecule has 4 nitrogen and oxygen atoms in total. The maximum atomic E-state index is 6.40. The van der Waals surface area contributed by atoms with E-state index in [1.165, 1.54) is 0 Å². The largest absolute Gasteiger partial charge is 0.489 e. The fourth-order valence-corrected chi connectivity index (χ4v) is 3.86. The van der Waals surface area contributed by atoms with E-state index in [4.69, 9.17) is 21.3 Å². The lowest BCUT2D eigenvalue weighted by Crippen LogP contribution is -2.15. The quantitative estimate of drug-likeness (QED) is 0.591. The summed E-state index contributed by atoms with van der Waals surface area (Å²) in [5.41, 5.74) is 3.86. The lowest BCUT2D eigenvalue weighted by Gasteiger charge is -2.14. The molecule has 2 aromatic carbocycles. The first-order valence-corrected chi connectivity index (χ1v) is 9.98. The van der Waals surface area contributed by atoms with Gasteiger partial charge in [-0.1, -0.05) is 65.8 Å². The highest BCUT2D eigenvalue weighted by Crippen LogP contribution is 2.32. The zero-order valence-electron chi connectivity index (χ0n) is 14.4.